The highest BCUT2D eigenvalue weighted by Gasteiger charge is 2.14. The number of ketones is 1. The fourth-order valence-electron chi connectivity index (χ4n) is 2.03. The first-order valence-electron chi connectivity index (χ1n) is 5.99. The van der Waals surface area contributed by atoms with E-state index in [0.29, 0.717) is 16.7 Å². The van der Waals surface area contributed by atoms with Crippen molar-refractivity contribution in [3.63, 3.8) is 0 Å². The van der Waals surface area contributed by atoms with Gasteiger partial charge in [-0.15, -0.1) is 0 Å². The predicted octanol–water partition coefficient (Wildman–Crippen LogP) is 2.85. The highest BCUT2D eigenvalue weighted by Crippen LogP contribution is 2.18. The molecule has 0 aliphatic heterocycles. The van der Waals surface area contributed by atoms with Gasteiger partial charge in [0.15, 0.2) is 5.78 Å². The Morgan fingerprint density at radius 2 is 1.68 bits per heavy atom. The third-order valence-corrected chi connectivity index (χ3v) is 3.07. The monoisotopic (exact) mass is 254 g/mol. The van der Waals surface area contributed by atoms with Gasteiger partial charge in [0.05, 0.1) is 6.42 Å². The number of benzene rings is 2. The van der Waals surface area contributed by atoms with Gasteiger partial charge in [0.2, 0.25) is 0 Å². The summed E-state index contributed by atoms with van der Waals surface area (Å²) >= 11 is 0. The molecule has 2 aromatic rings. The van der Waals surface area contributed by atoms with Crippen LogP contribution < -0.4 is 0 Å². The number of carboxylic acid groups (broad SMARTS) is 1. The quantitative estimate of drug-likeness (QED) is 0.853. The van der Waals surface area contributed by atoms with Crippen LogP contribution in [0.4, 0.5) is 0 Å². The number of hydrogen-bond acceptors (Lipinski definition) is 2. The zero-order valence-corrected chi connectivity index (χ0v) is 10.6. The Morgan fingerprint density at radius 1 is 1.00 bits per heavy atom. The first-order chi connectivity index (χ1) is 9.09. The van der Waals surface area contributed by atoms with Crippen LogP contribution in [-0.2, 0) is 11.2 Å². The van der Waals surface area contributed by atoms with Gasteiger partial charge in [-0.25, -0.2) is 0 Å². The average molecular weight is 254 g/mol. The van der Waals surface area contributed by atoms with E-state index in [1.165, 1.54) is 0 Å². The molecule has 0 bridgehead atoms. The van der Waals surface area contributed by atoms with Crippen molar-refractivity contribution in [1.29, 1.82) is 0 Å². The van der Waals surface area contributed by atoms with E-state index in [1.54, 1.807) is 37.3 Å². The van der Waals surface area contributed by atoms with Crippen molar-refractivity contribution in [2.24, 2.45) is 0 Å². The van der Waals surface area contributed by atoms with Crippen LogP contribution >= 0.6 is 0 Å². The van der Waals surface area contributed by atoms with Gasteiger partial charge in [0.25, 0.3) is 0 Å². The molecule has 0 aromatic heterocycles. The summed E-state index contributed by atoms with van der Waals surface area (Å²) in [6.07, 6.45) is -0.0677. The van der Waals surface area contributed by atoms with E-state index in [1.807, 2.05) is 18.2 Å². The molecular weight excluding hydrogens is 240 g/mol. The Bertz CT molecular complexity index is 615. The van der Waals surface area contributed by atoms with Gasteiger partial charge >= 0.3 is 5.97 Å². The normalized spacial score (nSPS) is 10.2. The van der Waals surface area contributed by atoms with Crippen molar-refractivity contribution in [2.45, 2.75) is 13.3 Å². The molecule has 2 rings (SSSR count). The van der Waals surface area contributed by atoms with Crippen LogP contribution in [-0.4, -0.2) is 16.9 Å². The number of carbonyl (C=O) groups is 2. The van der Waals surface area contributed by atoms with Crippen molar-refractivity contribution in [3.8, 4) is 0 Å². The number of aliphatic carboxylic acids is 1. The molecule has 0 aliphatic rings. The van der Waals surface area contributed by atoms with E-state index >= 15 is 0 Å². The number of carboxylic acids is 1. The van der Waals surface area contributed by atoms with Crippen LogP contribution in [0.5, 0.6) is 0 Å². The summed E-state index contributed by atoms with van der Waals surface area (Å²) in [5, 5.41) is 8.85. The summed E-state index contributed by atoms with van der Waals surface area (Å²) in [6, 6.07) is 14.2. The van der Waals surface area contributed by atoms with Crippen LogP contribution in [0, 0.1) is 6.92 Å². The molecule has 0 aliphatic carbocycles. The Hall–Kier alpha value is -2.42. The van der Waals surface area contributed by atoms with Gasteiger partial charge in [0.1, 0.15) is 0 Å². The topological polar surface area (TPSA) is 54.4 Å². The maximum atomic E-state index is 12.4. The second-order valence-electron chi connectivity index (χ2n) is 4.36. The van der Waals surface area contributed by atoms with Crippen LogP contribution in [0.1, 0.15) is 27.0 Å². The lowest BCUT2D eigenvalue weighted by atomic mass is 9.94. The Balaban J connectivity index is 2.41. The lowest BCUT2D eigenvalue weighted by Gasteiger charge is -2.09. The third-order valence-electron chi connectivity index (χ3n) is 3.07. The van der Waals surface area contributed by atoms with E-state index in [9.17, 15) is 9.59 Å². The van der Waals surface area contributed by atoms with Gasteiger partial charge in [-0.2, -0.15) is 0 Å². The molecule has 19 heavy (non-hydrogen) atoms. The minimum atomic E-state index is -0.896. The van der Waals surface area contributed by atoms with Gasteiger partial charge in [0, 0.05) is 11.1 Å². The second kappa shape index (κ2) is 5.48. The molecule has 0 fully saturated rings. The van der Waals surface area contributed by atoms with Crippen LogP contribution in [0.15, 0.2) is 48.5 Å². The molecular formula is C16H14O3. The fourth-order valence-corrected chi connectivity index (χ4v) is 2.03. The summed E-state index contributed by atoms with van der Waals surface area (Å²) in [6.45, 7) is 1.79. The summed E-state index contributed by atoms with van der Waals surface area (Å²) in [4.78, 5) is 23.1. The van der Waals surface area contributed by atoms with Crippen LogP contribution in [0.25, 0.3) is 0 Å². The highest BCUT2D eigenvalue weighted by molar-refractivity contribution is 6.10. The molecule has 0 atom stereocenters. The summed E-state index contributed by atoms with van der Waals surface area (Å²) in [5.74, 6) is -0.974. The molecule has 2 aromatic carbocycles. The van der Waals surface area contributed by atoms with Gasteiger partial charge < -0.3 is 5.11 Å². The molecule has 0 radical (unpaired) electrons. The molecule has 3 nitrogen and oxygen atoms in total. The molecule has 0 amide bonds. The third kappa shape index (κ3) is 2.88. The lowest BCUT2D eigenvalue weighted by Crippen LogP contribution is -2.08. The van der Waals surface area contributed by atoms with Crippen molar-refractivity contribution in [2.75, 3.05) is 0 Å². The zero-order chi connectivity index (χ0) is 13.8. The van der Waals surface area contributed by atoms with E-state index < -0.39 is 5.97 Å². The lowest BCUT2D eigenvalue weighted by molar-refractivity contribution is -0.136. The summed E-state index contributed by atoms with van der Waals surface area (Å²) < 4.78 is 0. The predicted molar refractivity (Wildman–Crippen MR) is 72.4 cm³/mol. The molecule has 96 valence electrons. The SMILES string of the molecule is Cc1c(CC(=O)O)cccc1C(=O)c1ccccc1. The number of hydrogen-bond donors (Lipinski definition) is 1. The van der Waals surface area contributed by atoms with Gasteiger partial charge in [-0.05, 0) is 18.1 Å². The van der Waals surface area contributed by atoms with Crippen molar-refractivity contribution in [3.05, 3.63) is 70.8 Å². The molecule has 0 unspecified atom stereocenters. The maximum Gasteiger partial charge on any atom is 0.307 e. The van der Waals surface area contributed by atoms with Crippen molar-refractivity contribution in [1.82, 2.24) is 0 Å². The fraction of sp³-hybridized carbons (Fsp3) is 0.125. The standard InChI is InChI=1S/C16H14O3/c1-11-13(10-15(17)18)8-5-9-14(11)16(19)12-6-3-2-4-7-12/h2-9H,10H2,1H3,(H,17,18). The molecule has 1 N–H and O–H groups in total. The summed E-state index contributed by atoms with van der Waals surface area (Å²) in [7, 11) is 0. The smallest absolute Gasteiger partial charge is 0.307 e. The van der Waals surface area contributed by atoms with Gasteiger partial charge in [-0.1, -0.05) is 48.5 Å². The minimum Gasteiger partial charge on any atom is -0.481 e. The Morgan fingerprint density at radius 3 is 2.32 bits per heavy atom. The van der Waals surface area contributed by atoms with Crippen molar-refractivity contribution >= 4 is 11.8 Å². The van der Waals surface area contributed by atoms with Crippen LogP contribution in [0.3, 0.4) is 0 Å². The van der Waals surface area contributed by atoms with E-state index in [-0.39, 0.29) is 12.2 Å². The van der Waals surface area contributed by atoms with Gasteiger partial charge in [-0.3, -0.25) is 9.59 Å². The number of rotatable bonds is 4. The molecule has 0 spiro atoms. The van der Waals surface area contributed by atoms with E-state index in [4.69, 9.17) is 5.11 Å². The Labute approximate surface area is 111 Å². The molecule has 0 saturated carbocycles. The zero-order valence-electron chi connectivity index (χ0n) is 10.6. The average Bonchev–Trinajstić information content (AvgIpc) is 2.41. The molecule has 0 saturated heterocycles. The first-order valence-corrected chi connectivity index (χ1v) is 5.99. The highest BCUT2D eigenvalue weighted by atomic mass is 16.4. The van der Waals surface area contributed by atoms with Crippen LogP contribution in [0.2, 0.25) is 0 Å². The molecule has 3 heteroatoms. The molecule has 0 heterocycles. The largest absolute Gasteiger partial charge is 0.481 e. The second-order valence-corrected chi connectivity index (χ2v) is 4.36. The number of carbonyl (C=O) groups excluding carboxylic acids is 1. The Kier molecular flexibility index (Phi) is 3.76. The van der Waals surface area contributed by atoms with Crippen molar-refractivity contribution < 1.29 is 14.7 Å². The summed E-state index contributed by atoms with van der Waals surface area (Å²) in [5.41, 5.74) is 2.58. The van der Waals surface area contributed by atoms with E-state index in [2.05, 4.69) is 0 Å². The minimum absolute atomic E-state index is 0.0677. The van der Waals surface area contributed by atoms with E-state index in [0.717, 1.165) is 5.56 Å². The first kappa shape index (κ1) is 13.0. The maximum absolute atomic E-state index is 12.4.